The number of hydrogen-bond acceptors (Lipinski definition) is 5. The summed E-state index contributed by atoms with van der Waals surface area (Å²) in [7, 11) is 0. The van der Waals surface area contributed by atoms with Gasteiger partial charge in [-0.25, -0.2) is 4.98 Å². The third-order valence-corrected chi connectivity index (χ3v) is 5.10. The fraction of sp³-hybridized carbons (Fsp3) is 0.0952. The Balaban J connectivity index is 1.88. The van der Waals surface area contributed by atoms with Crippen LogP contribution in [0.5, 0.6) is 0 Å². The van der Waals surface area contributed by atoms with Crippen LogP contribution in [0.25, 0.3) is 22.3 Å². The zero-order chi connectivity index (χ0) is 19.0. The fourth-order valence-electron chi connectivity index (χ4n) is 2.93. The molecule has 4 aromatic rings. The Labute approximate surface area is 159 Å². The van der Waals surface area contributed by atoms with E-state index in [0.29, 0.717) is 27.4 Å². The summed E-state index contributed by atoms with van der Waals surface area (Å²) >= 11 is 1.39. The van der Waals surface area contributed by atoms with Crippen LogP contribution in [0, 0.1) is 13.8 Å². The summed E-state index contributed by atoms with van der Waals surface area (Å²) in [5.41, 5.74) is 1.74. The quantitative estimate of drug-likeness (QED) is 0.558. The van der Waals surface area contributed by atoms with E-state index in [1.54, 1.807) is 31.3 Å². The highest BCUT2D eigenvalue weighted by Gasteiger charge is 2.19. The molecule has 0 spiro atoms. The van der Waals surface area contributed by atoms with Crippen molar-refractivity contribution >= 4 is 33.3 Å². The molecule has 6 heteroatoms. The number of benzene rings is 2. The molecule has 0 saturated heterocycles. The second kappa shape index (κ2) is 6.81. The summed E-state index contributed by atoms with van der Waals surface area (Å²) in [5, 5.41) is 3.66. The van der Waals surface area contributed by atoms with Gasteiger partial charge in [-0.3, -0.25) is 14.9 Å². The van der Waals surface area contributed by atoms with Crippen LogP contribution >= 0.6 is 11.3 Å². The third-order valence-electron chi connectivity index (χ3n) is 4.27. The highest BCUT2D eigenvalue weighted by atomic mass is 32.1. The Morgan fingerprint density at radius 2 is 1.85 bits per heavy atom. The van der Waals surface area contributed by atoms with Crippen LogP contribution in [-0.4, -0.2) is 10.9 Å². The van der Waals surface area contributed by atoms with E-state index in [1.807, 2.05) is 37.3 Å². The van der Waals surface area contributed by atoms with Crippen LogP contribution in [-0.2, 0) is 0 Å². The van der Waals surface area contributed by atoms with E-state index in [-0.39, 0.29) is 16.9 Å². The molecule has 0 aliphatic heterocycles. The molecule has 2 aromatic heterocycles. The van der Waals surface area contributed by atoms with E-state index in [0.717, 1.165) is 10.4 Å². The van der Waals surface area contributed by atoms with Crippen molar-refractivity contribution in [1.82, 2.24) is 4.98 Å². The molecule has 0 fully saturated rings. The molecule has 0 bridgehead atoms. The minimum Gasteiger partial charge on any atom is -0.455 e. The standard InChI is InChI=1S/C21H16N2O3S/c1-12-11-22-21(27-12)23-20(25)16-10-6-9-15-17(24)13(2)18(26-19(15)16)14-7-4-3-5-8-14/h3-11H,1-2H3,(H,22,23,25). The first-order chi connectivity index (χ1) is 13.0. The summed E-state index contributed by atoms with van der Waals surface area (Å²) in [4.78, 5) is 30.8. The normalized spacial score (nSPS) is 10.9. The van der Waals surface area contributed by atoms with Gasteiger partial charge in [0.05, 0.1) is 10.9 Å². The number of nitrogens with one attached hydrogen (secondary N) is 1. The molecular formula is C21H16N2O3S. The number of aryl methyl sites for hydroxylation is 1. The van der Waals surface area contributed by atoms with Gasteiger partial charge in [0.2, 0.25) is 0 Å². The maximum atomic E-state index is 12.9. The average molecular weight is 376 g/mol. The van der Waals surface area contributed by atoms with Crippen molar-refractivity contribution in [2.75, 3.05) is 5.32 Å². The minimum atomic E-state index is -0.360. The first kappa shape index (κ1) is 17.2. The minimum absolute atomic E-state index is 0.144. The van der Waals surface area contributed by atoms with Crippen molar-refractivity contribution in [3.8, 4) is 11.3 Å². The van der Waals surface area contributed by atoms with Crippen molar-refractivity contribution in [2.24, 2.45) is 0 Å². The van der Waals surface area contributed by atoms with Crippen LogP contribution in [0.2, 0.25) is 0 Å². The molecule has 0 aliphatic carbocycles. The largest absolute Gasteiger partial charge is 0.455 e. The Bertz CT molecular complexity index is 1210. The lowest BCUT2D eigenvalue weighted by atomic mass is 10.0. The lowest BCUT2D eigenvalue weighted by molar-refractivity contribution is 0.102. The van der Waals surface area contributed by atoms with Crippen LogP contribution in [0.3, 0.4) is 0 Å². The summed E-state index contributed by atoms with van der Waals surface area (Å²) < 4.78 is 6.08. The van der Waals surface area contributed by atoms with Crippen molar-refractivity contribution in [2.45, 2.75) is 13.8 Å². The second-order valence-corrected chi connectivity index (χ2v) is 7.40. The van der Waals surface area contributed by atoms with E-state index < -0.39 is 0 Å². The maximum absolute atomic E-state index is 12.9. The number of fused-ring (bicyclic) bond motifs is 1. The average Bonchev–Trinajstić information content (AvgIpc) is 3.09. The van der Waals surface area contributed by atoms with Crippen molar-refractivity contribution in [3.63, 3.8) is 0 Å². The first-order valence-electron chi connectivity index (χ1n) is 8.40. The zero-order valence-corrected chi connectivity index (χ0v) is 15.6. The number of carbonyl (C=O) groups excluding carboxylic acids is 1. The van der Waals surface area contributed by atoms with Gasteiger partial charge in [-0.1, -0.05) is 36.4 Å². The van der Waals surface area contributed by atoms with Gasteiger partial charge in [0.1, 0.15) is 5.76 Å². The molecule has 1 amide bonds. The van der Waals surface area contributed by atoms with E-state index in [2.05, 4.69) is 10.3 Å². The van der Waals surface area contributed by atoms with Crippen molar-refractivity contribution in [1.29, 1.82) is 0 Å². The molecule has 0 saturated carbocycles. The smallest absolute Gasteiger partial charge is 0.261 e. The number of amides is 1. The predicted octanol–water partition coefficient (Wildman–Crippen LogP) is 4.79. The first-order valence-corrected chi connectivity index (χ1v) is 9.22. The number of thiazole rings is 1. The Kier molecular flexibility index (Phi) is 4.33. The van der Waals surface area contributed by atoms with Gasteiger partial charge < -0.3 is 4.42 Å². The highest BCUT2D eigenvalue weighted by Crippen LogP contribution is 2.28. The number of para-hydroxylation sites is 1. The van der Waals surface area contributed by atoms with Crippen LogP contribution in [0.4, 0.5) is 5.13 Å². The van der Waals surface area contributed by atoms with Crippen LogP contribution < -0.4 is 10.7 Å². The van der Waals surface area contributed by atoms with E-state index in [4.69, 9.17) is 4.42 Å². The summed E-state index contributed by atoms with van der Waals surface area (Å²) in [6.07, 6.45) is 1.69. The Morgan fingerprint density at radius 3 is 2.56 bits per heavy atom. The van der Waals surface area contributed by atoms with Gasteiger partial charge in [0, 0.05) is 22.2 Å². The lowest BCUT2D eigenvalue weighted by Gasteiger charge is -2.10. The molecule has 0 unspecified atom stereocenters. The molecule has 5 nitrogen and oxygen atoms in total. The number of carbonyl (C=O) groups is 1. The molecule has 0 atom stereocenters. The molecule has 134 valence electrons. The second-order valence-electron chi connectivity index (χ2n) is 6.16. The number of rotatable bonds is 3. The lowest BCUT2D eigenvalue weighted by Crippen LogP contribution is -2.14. The number of hydrogen-bond donors (Lipinski definition) is 1. The molecule has 2 heterocycles. The van der Waals surface area contributed by atoms with E-state index >= 15 is 0 Å². The number of aromatic nitrogens is 1. The van der Waals surface area contributed by atoms with Crippen molar-refractivity contribution < 1.29 is 9.21 Å². The van der Waals surface area contributed by atoms with Crippen LogP contribution in [0.1, 0.15) is 20.8 Å². The Hall–Kier alpha value is -3.25. The fourth-order valence-corrected chi connectivity index (χ4v) is 3.59. The van der Waals surface area contributed by atoms with Gasteiger partial charge in [-0.15, -0.1) is 11.3 Å². The van der Waals surface area contributed by atoms with E-state index in [9.17, 15) is 9.59 Å². The van der Waals surface area contributed by atoms with E-state index in [1.165, 1.54) is 11.3 Å². The predicted molar refractivity (Wildman–Crippen MR) is 107 cm³/mol. The number of anilines is 1. The van der Waals surface area contributed by atoms with Gasteiger partial charge in [-0.2, -0.15) is 0 Å². The van der Waals surface area contributed by atoms with Gasteiger partial charge in [0.15, 0.2) is 16.1 Å². The summed E-state index contributed by atoms with van der Waals surface area (Å²) in [6.45, 7) is 3.65. The third kappa shape index (κ3) is 3.15. The summed E-state index contributed by atoms with van der Waals surface area (Å²) in [5.74, 6) is 0.111. The monoisotopic (exact) mass is 376 g/mol. The molecule has 1 N–H and O–H groups in total. The number of nitrogens with zero attached hydrogens (tertiary/aromatic N) is 1. The van der Waals surface area contributed by atoms with Crippen LogP contribution in [0.15, 0.2) is 63.9 Å². The Morgan fingerprint density at radius 1 is 1.07 bits per heavy atom. The highest BCUT2D eigenvalue weighted by molar-refractivity contribution is 7.15. The summed E-state index contributed by atoms with van der Waals surface area (Å²) in [6, 6.07) is 14.4. The van der Waals surface area contributed by atoms with Gasteiger partial charge >= 0.3 is 0 Å². The topological polar surface area (TPSA) is 72.2 Å². The molecule has 0 aliphatic rings. The SMILES string of the molecule is Cc1cnc(NC(=O)c2cccc3c(=O)c(C)c(-c4ccccc4)oc23)s1. The van der Waals surface area contributed by atoms with Crippen molar-refractivity contribution in [3.05, 3.63) is 81.0 Å². The molecule has 2 aromatic carbocycles. The van der Waals surface area contributed by atoms with Gasteiger partial charge in [0.25, 0.3) is 5.91 Å². The molecule has 27 heavy (non-hydrogen) atoms. The molecule has 0 radical (unpaired) electrons. The zero-order valence-electron chi connectivity index (χ0n) is 14.8. The molecular weight excluding hydrogens is 360 g/mol. The molecule has 4 rings (SSSR count). The van der Waals surface area contributed by atoms with Gasteiger partial charge in [-0.05, 0) is 26.0 Å². The maximum Gasteiger partial charge on any atom is 0.261 e.